The molecule has 0 bridgehead atoms. The molecule has 2 amide bonds. The Morgan fingerprint density at radius 2 is 1.67 bits per heavy atom. The number of hydrogen-bond acceptors (Lipinski definition) is 4. The zero-order valence-electron chi connectivity index (χ0n) is 19.0. The van der Waals surface area contributed by atoms with Crippen molar-refractivity contribution in [2.45, 2.75) is 51.4 Å². The molecule has 0 aliphatic carbocycles. The van der Waals surface area contributed by atoms with Gasteiger partial charge in [0.25, 0.3) is 5.91 Å². The summed E-state index contributed by atoms with van der Waals surface area (Å²) in [6.07, 6.45) is -5.66. The molecule has 2 atom stereocenters. The fourth-order valence-corrected chi connectivity index (χ4v) is 2.85. The van der Waals surface area contributed by atoms with Gasteiger partial charge in [0, 0.05) is 12.1 Å². The Balaban J connectivity index is 1.79. The second kappa shape index (κ2) is 10.7. The van der Waals surface area contributed by atoms with Crippen molar-refractivity contribution in [1.29, 1.82) is 0 Å². The summed E-state index contributed by atoms with van der Waals surface area (Å²) in [6.45, 7) is 7.18. The van der Waals surface area contributed by atoms with Crippen molar-refractivity contribution in [2.24, 2.45) is 0 Å². The Morgan fingerprint density at radius 3 is 2.24 bits per heavy atom. The Kier molecular flexibility index (Phi) is 8.49. The molecule has 2 unspecified atom stereocenters. The van der Waals surface area contributed by atoms with Gasteiger partial charge < -0.3 is 20.5 Å². The molecule has 0 saturated heterocycles. The van der Waals surface area contributed by atoms with Gasteiger partial charge in [-0.15, -0.1) is 0 Å². The summed E-state index contributed by atoms with van der Waals surface area (Å²) in [4.78, 5) is 24.6. The molecule has 6 nitrogen and oxygen atoms in total. The number of carbonyl (C=O) groups is 2. The monoisotopic (exact) mass is 466 g/mol. The SMILES string of the molecule is CC(NC(=O)c1ccc(C(C)(C)C)cc1)C(=O)NCC(O)COc1cccc(C(F)(F)F)c1. The summed E-state index contributed by atoms with van der Waals surface area (Å²) in [7, 11) is 0. The van der Waals surface area contributed by atoms with E-state index in [-0.39, 0.29) is 24.3 Å². The first-order valence-electron chi connectivity index (χ1n) is 10.4. The van der Waals surface area contributed by atoms with E-state index in [9.17, 15) is 27.9 Å². The highest BCUT2D eigenvalue weighted by Crippen LogP contribution is 2.31. The molecule has 2 aromatic rings. The number of aliphatic hydroxyl groups excluding tert-OH is 1. The van der Waals surface area contributed by atoms with E-state index >= 15 is 0 Å². The van der Waals surface area contributed by atoms with Gasteiger partial charge in [-0.1, -0.05) is 39.0 Å². The number of hydrogen-bond donors (Lipinski definition) is 3. The average molecular weight is 467 g/mol. The summed E-state index contributed by atoms with van der Waals surface area (Å²) in [5.41, 5.74) is 0.581. The van der Waals surface area contributed by atoms with E-state index in [1.807, 2.05) is 12.1 Å². The fraction of sp³-hybridized carbons (Fsp3) is 0.417. The summed E-state index contributed by atoms with van der Waals surface area (Å²) >= 11 is 0. The van der Waals surface area contributed by atoms with Gasteiger partial charge in [-0.3, -0.25) is 9.59 Å². The van der Waals surface area contributed by atoms with Crippen molar-refractivity contribution >= 4 is 11.8 Å². The molecule has 3 N–H and O–H groups in total. The van der Waals surface area contributed by atoms with E-state index in [0.717, 1.165) is 17.7 Å². The molecular weight excluding hydrogens is 437 g/mol. The summed E-state index contributed by atoms with van der Waals surface area (Å²) in [5, 5.41) is 15.0. The lowest BCUT2D eigenvalue weighted by Gasteiger charge is -2.19. The van der Waals surface area contributed by atoms with Crippen molar-refractivity contribution in [2.75, 3.05) is 13.2 Å². The Morgan fingerprint density at radius 1 is 1.03 bits per heavy atom. The molecule has 33 heavy (non-hydrogen) atoms. The van der Waals surface area contributed by atoms with Crippen LogP contribution >= 0.6 is 0 Å². The van der Waals surface area contributed by atoms with Crippen LogP contribution in [0.4, 0.5) is 13.2 Å². The van der Waals surface area contributed by atoms with Gasteiger partial charge in [-0.2, -0.15) is 13.2 Å². The van der Waals surface area contributed by atoms with Gasteiger partial charge >= 0.3 is 6.18 Å². The lowest BCUT2D eigenvalue weighted by molar-refractivity contribution is -0.137. The van der Waals surface area contributed by atoms with Crippen LogP contribution in [0.15, 0.2) is 48.5 Å². The van der Waals surface area contributed by atoms with Crippen LogP contribution < -0.4 is 15.4 Å². The first kappa shape index (κ1) is 26.2. The molecule has 0 radical (unpaired) electrons. The predicted molar refractivity (Wildman–Crippen MR) is 118 cm³/mol. The lowest BCUT2D eigenvalue weighted by Crippen LogP contribution is -2.47. The summed E-state index contributed by atoms with van der Waals surface area (Å²) in [6, 6.07) is 10.5. The number of aliphatic hydroxyl groups is 1. The highest BCUT2D eigenvalue weighted by Gasteiger charge is 2.30. The number of amides is 2. The van der Waals surface area contributed by atoms with Gasteiger partial charge in [0.1, 0.15) is 24.5 Å². The lowest BCUT2D eigenvalue weighted by atomic mass is 9.86. The maximum atomic E-state index is 12.7. The summed E-state index contributed by atoms with van der Waals surface area (Å²) in [5.74, 6) is -0.979. The maximum Gasteiger partial charge on any atom is 0.416 e. The quantitative estimate of drug-likeness (QED) is 0.554. The topological polar surface area (TPSA) is 87.7 Å². The van der Waals surface area contributed by atoms with E-state index in [4.69, 9.17) is 4.74 Å². The Bertz CT molecular complexity index is 953. The molecule has 9 heteroatoms. The van der Waals surface area contributed by atoms with Crippen LogP contribution in [0.2, 0.25) is 0 Å². The van der Waals surface area contributed by atoms with Gasteiger partial charge in [0.15, 0.2) is 0 Å². The number of rotatable bonds is 8. The van der Waals surface area contributed by atoms with Gasteiger partial charge in [-0.05, 0) is 48.2 Å². The van der Waals surface area contributed by atoms with Crippen LogP contribution in [0, 0.1) is 0 Å². The van der Waals surface area contributed by atoms with Crippen LogP contribution in [0.3, 0.4) is 0 Å². The van der Waals surface area contributed by atoms with Crippen LogP contribution in [-0.2, 0) is 16.4 Å². The molecule has 0 heterocycles. The number of nitrogens with one attached hydrogen (secondary N) is 2. The predicted octanol–water partition coefficient (Wildman–Crippen LogP) is 3.68. The number of alkyl halides is 3. The standard InChI is InChI=1S/C24H29F3N2O4/c1-15(29-22(32)16-8-10-17(11-9-16)23(2,3)4)21(31)28-13-19(30)14-33-20-7-5-6-18(12-20)24(25,26)27/h5-12,15,19,30H,13-14H2,1-4H3,(H,28,31)(H,29,32). The third kappa shape index (κ3) is 8.09. The maximum absolute atomic E-state index is 12.7. The molecule has 0 aliphatic heterocycles. The molecule has 0 aromatic heterocycles. The van der Waals surface area contributed by atoms with E-state index < -0.39 is 35.7 Å². The van der Waals surface area contributed by atoms with Crippen LogP contribution in [-0.4, -0.2) is 42.2 Å². The fourth-order valence-electron chi connectivity index (χ4n) is 2.85. The largest absolute Gasteiger partial charge is 0.491 e. The van der Waals surface area contributed by atoms with Gasteiger partial charge in [-0.25, -0.2) is 0 Å². The van der Waals surface area contributed by atoms with Crippen LogP contribution in [0.1, 0.15) is 49.2 Å². The van der Waals surface area contributed by atoms with Crippen molar-refractivity contribution in [3.05, 3.63) is 65.2 Å². The molecule has 2 rings (SSSR count). The third-order valence-corrected chi connectivity index (χ3v) is 4.87. The van der Waals surface area contributed by atoms with Crippen molar-refractivity contribution in [1.82, 2.24) is 10.6 Å². The van der Waals surface area contributed by atoms with E-state index in [0.29, 0.717) is 5.56 Å². The zero-order chi connectivity index (χ0) is 24.8. The second-order valence-electron chi connectivity index (χ2n) is 8.76. The minimum absolute atomic E-state index is 0.0478. The van der Waals surface area contributed by atoms with Crippen molar-refractivity contribution < 1.29 is 32.6 Å². The second-order valence-corrected chi connectivity index (χ2v) is 8.76. The number of halogens is 3. The number of ether oxygens (including phenoxy) is 1. The van der Waals surface area contributed by atoms with E-state index in [2.05, 4.69) is 31.4 Å². The van der Waals surface area contributed by atoms with Crippen molar-refractivity contribution in [3.63, 3.8) is 0 Å². The van der Waals surface area contributed by atoms with Gasteiger partial charge in [0.05, 0.1) is 5.56 Å². The summed E-state index contributed by atoms with van der Waals surface area (Å²) < 4.78 is 43.4. The van der Waals surface area contributed by atoms with Gasteiger partial charge in [0.2, 0.25) is 5.91 Å². The average Bonchev–Trinajstić information content (AvgIpc) is 2.75. The normalized spacial score (nSPS) is 13.7. The van der Waals surface area contributed by atoms with Crippen molar-refractivity contribution in [3.8, 4) is 5.75 Å². The third-order valence-electron chi connectivity index (χ3n) is 4.87. The van der Waals surface area contributed by atoms with E-state index in [1.165, 1.54) is 19.1 Å². The minimum Gasteiger partial charge on any atom is -0.491 e. The van der Waals surface area contributed by atoms with E-state index in [1.54, 1.807) is 12.1 Å². The molecule has 0 spiro atoms. The molecule has 0 saturated carbocycles. The molecule has 0 fully saturated rings. The zero-order valence-corrected chi connectivity index (χ0v) is 19.0. The Hall–Kier alpha value is -3.07. The molecule has 2 aromatic carbocycles. The highest BCUT2D eigenvalue weighted by molar-refractivity contribution is 5.97. The molecular formula is C24H29F3N2O4. The smallest absolute Gasteiger partial charge is 0.416 e. The molecule has 180 valence electrons. The first-order chi connectivity index (χ1) is 15.3. The first-order valence-corrected chi connectivity index (χ1v) is 10.4. The van der Waals surface area contributed by atoms with Crippen LogP contribution in [0.25, 0.3) is 0 Å². The Labute approximate surface area is 191 Å². The highest BCUT2D eigenvalue weighted by atomic mass is 19.4. The molecule has 0 aliphatic rings. The minimum atomic E-state index is -4.50. The number of carbonyl (C=O) groups excluding carboxylic acids is 2. The van der Waals surface area contributed by atoms with Crippen LogP contribution in [0.5, 0.6) is 5.75 Å². The number of benzene rings is 2.